The summed E-state index contributed by atoms with van der Waals surface area (Å²) in [6.45, 7) is 3.82. The van der Waals surface area contributed by atoms with E-state index in [0.717, 1.165) is 16.9 Å². The fourth-order valence-electron chi connectivity index (χ4n) is 2.37. The van der Waals surface area contributed by atoms with E-state index >= 15 is 0 Å². The van der Waals surface area contributed by atoms with Crippen molar-refractivity contribution in [2.75, 3.05) is 7.11 Å². The molecule has 2 aromatic rings. The van der Waals surface area contributed by atoms with Gasteiger partial charge in [-0.3, -0.25) is 0 Å². The lowest BCUT2D eigenvalue weighted by molar-refractivity contribution is 0.220. The Morgan fingerprint density at radius 1 is 1.15 bits per heavy atom. The first-order valence-electron chi connectivity index (χ1n) is 6.22. The van der Waals surface area contributed by atoms with Crippen LogP contribution in [-0.2, 0) is 0 Å². The highest BCUT2D eigenvalue weighted by molar-refractivity contribution is 6.31. The second-order valence-electron chi connectivity index (χ2n) is 4.76. The molecule has 0 aliphatic carbocycles. The van der Waals surface area contributed by atoms with Crippen molar-refractivity contribution < 1.29 is 14.2 Å². The third-order valence-electron chi connectivity index (χ3n) is 3.26. The van der Waals surface area contributed by atoms with Crippen LogP contribution in [0, 0.1) is 19.7 Å². The second-order valence-corrected chi connectivity index (χ2v) is 5.16. The van der Waals surface area contributed by atoms with Crippen molar-refractivity contribution in [2.45, 2.75) is 20.0 Å². The Balaban J connectivity index is 2.45. The number of halogens is 2. The van der Waals surface area contributed by atoms with Crippen molar-refractivity contribution in [3.8, 4) is 5.75 Å². The minimum atomic E-state index is -0.897. The molecule has 2 nitrogen and oxygen atoms in total. The SMILES string of the molecule is COc1c(C)cc(C(O)c2ccc(F)cc2Cl)cc1C. The molecule has 0 saturated heterocycles. The number of aliphatic hydroxyl groups excluding tert-OH is 1. The standard InChI is InChI=1S/C16H16ClFO2/c1-9-6-11(7-10(2)16(9)20-3)15(19)13-5-4-12(18)8-14(13)17/h4-8,15,19H,1-3H3. The fourth-order valence-corrected chi connectivity index (χ4v) is 2.64. The van der Waals surface area contributed by atoms with Crippen LogP contribution in [-0.4, -0.2) is 12.2 Å². The fraction of sp³-hybridized carbons (Fsp3) is 0.250. The molecule has 0 heterocycles. The summed E-state index contributed by atoms with van der Waals surface area (Å²) in [5.41, 5.74) is 3.05. The van der Waals surface area contributed by atoms with Crippen LogP contribution in [0.5, 0.6) is 5.75 Å². The van der Waals surface area contributed by atoms with Gasteiger partial charge in [-0.05, 0) is 54.8 Å². The van der Waals surface area contributed by atoms with E-state index in [0.29, 0.717) is 11.1 Å². The molecule has 2 aromatic carbocycles. The summed E-state index contributed by atoms with van der Waals surface area (Å²) in [6.07, 6.45) is -0.897. The van der Waals surface area contributed by atoms with E-state index in [4.69, 9.17) is 16.3 Å². The Bertz CT molecular complexity index is 617. The number of benzene rings is 2. The number of ether oxygens (including phenoxy) is 1. The maximum atomic E-state index is 13.1. The van der Waals surface area contributed by atoms with Crippen LogP contribution in [0.3, 0.4) is 0 Å². The lowest BCUT2D eigenvalue weighted by Gasteiger charge is -2.17. The molecule has 0 bridgehead atoms. The van der Waals surface area contributed by atoms with Crippen molar-refractivity contribution >= 4 is 11.6 Å². The van der Waals surface area contributed by atoms with Gasteiger partial charge in [-0.1, -0.05) is 17.7 Å². The van der Waals surface area contributed by atoms with Crippen molar-refractivity contribution in [1.29, 1.82) is 0 Å². The van der Waals surface area contributed by atoms with E-state index in [1.807, 2.05) is 26.0 Å². The normalized spacial score (nSPS) is 12.3. The minimum Gasteiger partial charge on any atom is -0.496 e. The molecule has 0 fully saturated rings. The highest BCUT2D eigenvalue weighted by Gasteiger charge is 2.17. The monoisotopic (exact) mass is 294 g/mol. The maximum Gasteiger partial charge on any atom is 0.124 e. The third-order valence-corrected chi connectivity index (χ3v) is 3.59. The molecular formula is C16H16ClFO2. The van der Waals surface area contributed by atoms with Crippen LogP contribution in [0.25, 0.3) is 0 Å². The summed E-state index contributed by atoms with van der Waals surface area (Å²) in [7, 11) is 1.61. The van der Waals surface area contributed by atoms with Gasteiger partial charge >= 0.3 is 0 Å². The van der Waals surface area contributed by atoms with Crippen LogP contribution < -0.4 is 4.74 Å². The zero-order valence-corrected chi connectivity index (χ0v) is 12.3. The van der Waals surface area contributed by atoms with Gasteiger partial charge in [0.15, 0.2) is 0 Å². The molecule has 0 amide bonds. The van der Waals surface area contributed by atoms with E-state index in [1.54, 1.807) is 7.11 Å². The largest absolute Gasteiger partial charge is 0.496 e. The molecule has 0 saturated carbocycles. The zero-order valence-electron chi connectivity index (χ0n) is 11.6. The Morgan fingerprint density at radius 2 is 1.75 bits per heavy atom. The van der Waals surface area contributed by atoms with Gasteiger partial charge in [0.1, 0.15) is 17.7 Å². The smallest absolute Gasteiger partial charge is 0.124 e. The van der Waals surface area contributed by atoms with Crippen LogP contribution in [0.1, 0.15) is 28.4 Å². The van der Waals surface area contributed by atoms with Gasteiger partial charge in [0, 0.05) is 10.6 Å². The molecule has 1 atom stereocenters. The summed E-state index contributed by atoms with van der Waals surface area (Å²) >= 11 is 5.99. The van der Waals surface area contributed by atoms with Crippen LogP contribution in [0.4, 0.5) is 4.39 Å². The summed E-state index contributed by atoms with van der Waals surface area (Å²) in [4.78, 5) is 0. The Hall–Kier alpha value is -1.58. The third kappa shape index (κ3) is 2.79. The van der Waals surface area contributed by atoms with E-state index < -0.39 is 11.9 Å². The molecule has 0 aliphatic heterocycles. The molecule has 0 spiro atoms. The van der Waals surface area contributed by atoms with Crippen molar-refractivity contribution in [3.05, 3.63) is 63.4 Å². The van der Waals surface area contributed by atoms with E-state index in [1.165, 1.54) is 18.2 Å². The summed E-state index contributed by atoms with van der Waals surface area (Å²) in [6, 6.07) is 7.67. The van der Waals surface area contributed by atoms with Gasteiger partial charge in [-0.2, -0.15) is 0 Å². The van der Waals surface area contributed by atoms with Gasteiger partial charge < -0.3 is 9.84 Å². The van der Waals surface area contributed by atoms with Crippen LogP contribution in [0.15, 0.2) is 30.3 Å². The predicted octanol–water partition coefficient (Wildman–Crippen LogP) is 4.19. The van der Waals surface area contributed by atoms with Gasteiger partial charge in [-0.15, -0.1) is 0 Å². The lowest BCUT2D eigenvalue weighted by Crippen LogP contribution is -2.03. The molecule has 0 aromatic heterocycles. The molecule has 20 heavy (non-hydrogen) atoms. The van der Waals surface area contributed by atoms with E-state index in [9.17, 15) is 9.50 Å². The van der Waals surface area contributed by atoms with E-state index in [2.05, 4.69) is 0 Å². The molecule has 1 unspecified atom stereocenters. The predicted molar refractivity (Wildman–Crippen MR) is 77.9 cm³/mol. The van der Waals surface area contributed by atoms with Gasteiger partial charge in [0.25, 0.3) is 0 Å². The summed E-state index contributed by atoms with van der Waals surface area (Å²) < 4.78 is 18.4. The second kappa shape index (κ2) is 5.81. The first kappa shape index (κ1) is 14.8. The van der Waals surface area contributed by atoms with Gasteiger partial charge in [-0.25, -0.2) is 4.39 Å². The number of methoxy groups -OCH3 is 1. The molecular weight excluding hydrogens is 279 g/mol. The highest BCUT2D eigenvalue weighted by atomic mass is 35.5. The summed E-state index contributed by atoms with van der Waals surface area (Å²) in [5.74, 6) is 0.374. The molecule has 0 radical (unpaired) electrons. The number of aliphatic hydroxyl groups is 1. The number of hydrogen-bond acceptors (Lipinski definition) is 2. The van der Waals surface area contributed by atoms with Gasteiger partial charge in [0.05, 0.1) is 7.11 Å². The van der Waals surface area contributed by atoms with Crippen LogP contribution >= 0.6 is 11.6 Å². The summed E-state index contributed by atoms with van der Waals surface area (Å²) in [5, 5.41) is 10.6. The van der Waals surface area contributed by atoms with Crippen molar-refractivity contribution in [3.63, 3.8) is 0 Å². The Labute approximate surface area is 122 Å². The molecule has 2 rings (SSSR count). The first-order valence-corrected chi connectivity index (χ1v) is 6.60. The average Bonchev–Trinajstić information content (AvgIpc) is 2.37. The molecule has 0 aliphatic rings. The maximum absolute atomic E-state index is 13.1. The number of aryl methyl sites for hydroxylation is 2. The Kier molecular flexibility index (Phi) is 4.31. The van der Waals surface area contributed by atoms with Crippen LogP contribution in [0.2, 0.25) is 5.02 Å². The van der Waals surface area contributed by atoms with E-state index in [-0.39, 0.29) is 5.02 Å². The minimum absolute atomic E-state index is 0.212. The molecule has 1 N–H and O–H groups in total. The topological polar surface area (TPSA) is 29.5 Å². The first-order chi connectivity index (χ1) is 9.43. The zero-order chi connectivity index (χ0) is 14.9. The lowest BCUT2D eigenvalue weighted by atomic mass is 9.97. The van der Waals surface area contributed by atoms with Gasteiger partial charge in [0.2, 0.25) is 0 Å². The number of hydrogen-bond donors (Lipinski definition) is 1. The van der Waals surface area contributed by atoms with Crippen molar-refractivity contribution in [2.24, 2.45) is 0 Å². The molecule has 106 valence electrons. The number of rotatable bonds is 3. The molecule has 4 heteroatoms. The average molecular weight is 295 g/mol. The van der Waals surface area contributed by atoms with Crippen molar-refractivity contribution in [1.82, 2.24) is 0 Å². The Morgan fingerprint density at radius 3 is 2.25 bits per heavy atom. The highest BCUT2D eigenvalue weighted by Crippen LogP contribution is 2.33. The quantitative estimate of drug-likeness (QED) is 0.920.